The fourth-order valence-corrected chi connectivity index (χ4v) is 5.21. The SMILES string of the molecule is CCOC(=O)C1CCCN(C(=O)CC(c2cc(OC)cc(OC)c2)c2cn(CC)c3ccccc23)C1. The Balaban J connectivity index is 1.72. The predicted octanol–water partition coefficient (Wildman–Crippen LogP) is 5.00. The van der Waals surface area contributed by atoms with Gasteiger partial charge >= 0.3 is 5.97 Å². The van der Waals surface area contributed by atoms with Gasteiger partial charge in [-0.1, -0.05) is 18.2 Å². The highest BCUT2D eigenvalue weighted by Crippen LogP contribution is 2.38. The lowest BCUT2D eigenvalue weighted by atomic mass is 9.87. The number of carbonyl (C=O) groups excluding carboxylic acids is 2. The molecule has 0 bridgehead atoms. The number of benzene rings is 2. The molecule has 1 aromatic heterocycles. The number of piperidine rings is 1. The van der Waals surface area contributed by atoms with E-state index >= 15 is 0 Å². The number of esters is 1. The number of hydrogen-bond donors (Lipinski definition) is 0. The van der Waals surface area contributed by atoms with Crippen LogP contribution in [0.2, 0.25) is 0 Å². The van der Waals surface area contributed by atoms with Crippen molar-refractivity contribution in [2.24, 2.45) is 5.92 Å². The minimum absolute atomic E-state index is 0.0316. The maximum absolute atomic E-state index is 13.7. The molecule has 1 amide bonds. The van der Waals surface area contributed by atoms with Gasteiger partial charge in [-0.15, -0.1) is 0 Å². The Labute approximate surface area is 212 Å². The lowest BCUT2D eigenvalue weighted by Gasteiger charge is -2.32. The highest BCUT2D eigenvalue weighted by atomic mass is 16.5. The molecule has 1 fully saturated rings. The molecule has 0 N–H and O–H groups in total. The molecule has 3 aromatic rings. The first-order chi connectivity index (χ1) is 17.5. The van der Waals surface area contributed by atoms with Crippen LogP contribution in [0.1, 0.15) is 50.2 Å². The van der Waals surface area contributed by atoms with E-state index in [4.69, 9.17) is 14.2 Å². The predicted molar refractivity (Wildman–Crippen MR) is 140 cm³/mol. The number of aromatic nitrogens is 1. The van der Waals surface area contributed by atoms with Gasteiger partial charge in [-0.05, 0) is 56.0 Å². The third kappa shape index (κ3) is 5.35. The van der Waals surface area contributed by atoms with Crippen molar-refractivity contribution >= 4 is 22.8 Å². The smallest absolute Gasteiger partial charge is 0.310 e. The van der Waals surface area contributed by atoms with Crippen LogP contribution in [0.25, 0.3) is 10.9 Å². The van der Waals surface area contributed by atoms with Crippen molar-refractivity contribution in [3.05, 3.63) is 59.8 Å². The summed E-state index contributed by atoms with van der Waals surface area (Å²) in [6, 6.07) is 14.1. The topological polar surface area (TPSA) is 70.0 Å². The van der Waals surface area contributed by atoms with E-state index in [9.17, 15) is 9.59 Å². The standard InChI is InChI=1S/C29H36N2O5/c1-5-30-19-26(24-11-7-8-12-27(24)30)25(21-14-22(34-3)16-23(15-21)35-4)17-28(32)31-13-9-10-20(18-31)29(33)36-6-2/h7-8,11-12,14-16,19-20,25H,5-6,9-10,13,17-18H2,1-4H3. The summed E-state index contributed by atoms with van der Waals surface area (Å²) >= 11 is 0. The van der Waals surface area contributed by atoms with Crippen LogP contribution in [0.5, 0.6) is 11.5 Å². The number of amides is 1. The summed E-state index contributed by atoms with van der Waals surface area (Å²) in [5, 5.41) is 1.13. The molecular formula is C29H36N2O5. The summed E-state index contributed by atoms with van der Waals surface area (Å²) in [4.78, 5) is 27.9. The van der Waals surface area contributed by atoms with Gasteiger partial charge in [0, 0.05) is 55.1 Å². The normalized spacial score (nSPS) is 16.6. The van der Waals surface area contributed by atoms with E-state index in [1.165, 1.54) is 0 Å². The zero-order valence-corrected chi connectivity index (χ0v) is 21.7. The Morgan fingerprint density at radius 3 is 2.44 bits per heavy atom. The first-order valence-electron chi connectivity index (χ1n) is 12.7. The van der Waals surface area contributed by atoms with Crippen LogP contribution < -0.4 is 9.47 Å². The number of ether oxygens (including phenoxy) is 3. The van der Waals surface area contributed by atoms with Crippen LogP contribution in [-0.2, 0) is 20.9 Å². The summed E-state index contributed by atoms with van der Waals surface area (Å²) in [5.41, 5.74) is 3.19. The van der Waals surface area contributed by atoms with E-state index in [-0.39, 0.29) is 30.1 Å². The molecular weight excluding hydrogens is 456 g/mol. The van der Waals surface area contributed by atoms with E-state index in [2.05, 4.69) is 29.8 Å². The van der Waals surface area contributed by atoms with Crippen molar-refractivity contribution in [2.45, 2.75) is 45.6 Å². The molecule has 0 radical (unpaired) electrons. The van der Waals surface area contributed by atoms with Gasteiger partial charge in [-0.2, -0.15) is 0 Å². The molecule has 2 atom stereocenters. The quantitative estimate of drug-likeness (QED) is 0.393. The lowest BCUT2D eigenvalue weighted by molar-refractivity contribution is -0.151. The van der Waals surface area contributed by atoms with Gasteiger partial charge in [0.25, 0.3) is 0 Å². The first-order valence-corrected chi connectivity index (χ1v) is 12.7. The fourth-order valence-electron chi connectivity index (χ4n) is 5.21. The molecule has 7 nitrogen and oxygen atoms in total. The molecule has 1 aliphatic rings. The van der Waals surface area contributed by atoms with Crippen LogP contribution in [-0.4, -0.2) is 55.3 Å². The van der Waals surface area contributed by atoms with E-state index in [0.717, 1.165) is 41.4 Å². The number of para-hydroxylation sites is 1. The summed E-state index contributed by atoms with van der Waals surface area (Å²) in [6.45, 7) is 6.17. The molecule has 4 rings (SSSR count). The maximum atomic E-state index is 13.7. The minimum Gasteiger partial charge on any atom is -0.497 e. The van der Waals surface area contributed by atoms with Gasteiger partial charge < -0.3 is 23.7 Å². The van der Waals surface area contributed by atoms with E-state index < -0.39 is 0 Å². The van der Waals surface area contributed by atoms with E-state index in [1.54, 1.807) is 14.2 Å². The van der Waals surface area contributed by atoms with Crippen molar-refractivity contribution in [3.8, 4) is 11.5 Å². The van der Waals surface area contributed by atoms with Crippen molar-refractivity contribution in [1.29, 1.82) is 0 Å². The van der Waals surface area contributed by atoms with E-state index in [0.29, 0.717) is 31.2 Å². The van der Waals surface area contributed by atoms with E-state index in [1.807, 2.05) is 42.2 Å². The van der Waals surface area contributed by atoms with Gasteiger partial charge in [-0.25, -0.2) is 0 Å². The van der Waals surface area contributed by atoms with Gasteiger partial charge in [0.05, 0.1) is 26.7 Å². The molecule has 36 heavy (non-hydrogen) atoms. The summed E-state index contributed by atoms with van der Waals surface area (Å²) in [7, 11) is 3.26. The van der Waals surface area contributed by atoms with Gasteiger partial charge in [-0.3, -0.25) is 9.59 Å². The van der Waals surface area contributed by atoms with Crippen molar-refractivity contribution < 1.29 is 23.8 Å². The summed E-state index contributed by atoms with van der Waals surface area (Å²) in [5.74, 6) is 0.712. The van der Waals surface area contributed by atoms with Crippen LogP contribution >= 0.6 is 0 Å². The average Bonchev–Trinajstić information content (AvgIpc) is 3.30. The molecule has 2 unspecified atom stereocenters. The number of hydrogen-bond acceptors (Lipinski definition) is 5. The monoisotopic (exact) mass is 492 g/mol. The van der Waals surface area contributed by atoms with Crippen molar-refractivity contribution in [3.63, 3.8) is 0 Å². The Kier molecular flexibility index (Phi) is 8.18. The van der Waals surface area contributed by atoms with Crippen LogP contribution in [0.15, 0.2) is 48.7 Å². The molecule has 7 heteroatoms. The third-order valence-corrected chi connectivity index (χ3v) is 7.08. The summed E-state index contributed by atoms with van der Waals surface area (Å²) < 4.78 is 18.6. The van der Waals surface area contributed by atoms with Crippen molar-refractivity contribution in [2.75, 3.05) is 33.9 Å². The number of aryl methyl sites for hydroxylation is 1. The number of methoxy groups -OCH3 is 2. The first kappa shape index (κ1) is 25.6. The number of rotatable bonds is 9. The summed E-state index contributed by atoms with van der Waals surface area (Å²) in [6.07, 6.45) is 3.99. The third-order valence-electron chi connectivity index (χ3n) is 7.08. The second-order valence-electron chi connectivity index (χ2n) is 9.22. The van der Waals surface area contributed by atoms with Gasteiger partial charge in [0.2, 0.25) is 5.91 Å². The fraction of sp³-hybridized carbons (Fsp3) is 0.448. The molecule has 1 saturated heterocycles. The molecule has 2 aromatic carbocycles. The largest absolute Gasteiger partial charge is 0.497 e. The molecule has 0 aliphatic carbocycles. The number of fused-ring (bicyclic) bond motifs is 1. The molecule has 1 aliphatic heterocycles. The lowest BCUT2D eigenvalue weighted by Crippen LogP contribution is -2.43. The minimum atomic E-state index is -0.264. The zero-order valence-electron chi connectivity index (χ0n) is 21.7. The number of nitrogens with zero attached hydrogens (tertiary/aromatic N) is 2. The number of likely N-dealkylation sites (tertiary alicyclic amines) is 1. The second kappa shape index (κ2) is 11.5. The Morgan fingerprint density at radius 1 is 1.06 bits per heavy atom. The maximum Gasteiger partial charge on any atom is 0.310 e. The molecule has 0 spiro atoms. The average molecular weight is 493 g/mol. The Morgan fingerprint density at radius 2 is 1.78 bits per heavy atom. The Bertz CT molecular complexity index is 1200. The second-order valence-corrected chi connectivity index (χ2v) is 9.22. The Hall–Kier alpha value is -3.48. The van der Waals surface area contributed by atoms with Crippen LogP contribution in [0, 0.1) is 5.92 Å². The van der Waals surface area contributed by atoms with Crippen LogP contribution in [0.4, 0.5) is 0 Å². The zero-order chi connectivity index (χ0) is 25.7. The molecule has 0 saturated carbocycles. The highest BCUT2D eigenvalue weighted by molar-refractivity contribution is 5.87. The molecule has 192 valence electrons. The van der Waals surface area contributed by atoms with Gasteiger partial charge in [0.15, 0.2) is 0 Å². The van der Waals surface area contributed by atoms with Crippen molar-refractivity contribution in [1.82, 2.24) is 9.47 Å². The number of carbonyl (C=O) groups is 2. The molecule has 2 heterocycles. The van der Waals surface area contributed by atoms with Crippen LogP contribution in [0.3, 0.4) is 0 Å². The van der Waals surface area contributed by atoms with Gasteiger partial charge in [0.1, 0.15) is 11.5 Å². The highest BCUT2D eigenvalue weighted by Gasteiger charge is 2.32.